The number of thiazole rings is 1. The summed E-state index contributed by atoms with van der Waals surface area (Å²) in [4.78, 5) is 163. The molecule has 2 aliphatic heterocycles. The van der Waals surface area contributed by atoms with Crippen LogP contribution >= 0.6 is 11.3 Å². The highest BCUT2D eigenvalue weighted by Crippen LogP contribution is 2.36. The van der Waals surface area contributed by atoms with E-state index in [-0.39, 0.29) is 157 Å². The number of benzene rings is 3. The molecular weight excluding hydrogens is 1530 g/mol. The Morgan fingerprint density at radius 2 is 1.37 bits per heavy atom. The number of nitrogens with zero attached hydrogens (tertiary/aromatic N) is 4. The number of fused-ring (bicyclic) bond motifs is 2. The molecule has 0 bridgehead atoms. The molecule has 3 heterocycles. The standard InChI is InChI=1S/C87H130N12O18S/c1-13-16-23-41-116-99(84(108)79(59(8)14-2)96-76(103)52-67-27-21-22-40-97(67)12)72(57(4)5)53-73(117-60(9)100)83-94-70(56-118-83)81(106)92-66(54-87(10,11)85(109)110)50-61-31-33-65(34-32-61)91-80(105)69(29-24-38-90-86(88)111)93-82(107)78(58(6)7)95-75(102)37-42-112-44-46-114-48-49-115-47-45-113-43-39-89-74(101)35-36-77(104)98-55-64-26-17-19-28-68(64)62(15-3)51-63-25-18-20-30-71(63)98/h17-20,25-26,28,30-34,51,56-59,66-67,69,72-73,78-79H,13-16,21-24,27,29,35-50,52-55H2,1-12H3,(H,89,101)(H,91,105)(H,92,106)(H,93,107)(H,95,102)(H,96,103)(H,109,110)(H3,88,90,111)/b62-51-/t59-,66-,67+,69?,72+,73+,78-,79-/m0/s1. The number of nitrogens with two attached hydrogens (primary N) is 1. The SMILES string of the molecule is CCCCCON(C(=O)[C@@H](NC(=O)C[C@H]1CCCCN1C)[C@@H](C)CC)[C@H](C[C@@H](OC(C)=O)c1nc(C(=O)N[C@@H](Cc2ccc(NC(=O)C(CCCNC(N)=O)NC(=O)[C@@H](NC(=O)CCOCCOCCOCCOCCNC(=O)CCC(=O)N3Cc4ccccc4/C(CC)=C\c4ccccc43)C(C)C)cc2)CC(C)(C)C(=O)O)cs1)C(C)C. The number of likely N-dealkylation sites (tertiary alicyclic amines) is 1. The van der Waals surface area contributed by atoms with Gasteiger partial charge in [-0.25, -0.2) is 14.8 Å². The second kappa shape index (κ2) is 51.3. The fourth-order valence-electron chi connectivity index (χ4n) is 14.0. The average Bonchev–Trinajstić information content (AvgIpc) is 1.04. The van der Waals surface area contributed by atoms with Crippen molar-refractivity contribution in [3.63, 3.8) is 0 Å². The molecule has 0 saturated carbocycles. The van der Waals surface area contributed by atoms with Gasteiger partial charge in [-0.05, 0) is 149 Å². The van der Waals surface area contributed by atoms with Gasteiger partial charge in [-0.3, -0.25) is 52.8 Å². The molecule has 1 fully saturated rings. The number of urea groups is 1. The van der Waals surface area contributed by atoms with E-state index in [2.05, 4.69) is 68.1 Å². The lowest BCUT2D eigenvalue weighted by Crippen LogP contribution is -2.56. The van der Waals surface area contributed by atoms with Crippen molar-refractivity contribution >= 4 is 99.6 Å². The molecule has 6 rings (SSSR count). The molecule has 652 valence electrons. The van der Waals surface area contributed by atoms with Crippen molar-refractivity contribution in [3.8, 4) is 0 Å². The predicted molar refractivity (Wildman–Crippen MR) is 452 cm³/mol. The topological polar surface area (TPSA) is 396 Å². The van der Waals surface area contributed by atoms with Gasteiger partial charge in [0.05, 0.1) is 83.2 Å². The molecule has 2 aliphatic rings. The number of rotatable bonds is 53. The van der Waals surface area contributed by atoms with Gasteiger partial charge in [0.2, 0.25) is 35.4 Å². The largest absolute Gasteiger partial charge is 0.481 e. The number of hydrogen-bond acceptors (Lipinski definition) is 20. The van der Waals surface area contributed by atoms with Crippen LogP contribution in [0, 0.1) is 23.2 Å². The van der Waals surface area contributed by atoms with Crippen LogP contribution in [0.4, 0.5) is 16.2 Å². The van der Waals surface area contributed by atoms with Gasteiger partial charge >= 0.3 is 18.0 Å². The van der Waals surface area contributed by atoms with Crippen LogP contribution in [-0.4, -0.2) is 208 Å². The van der Waals surface area contributed by atoms with Gasteiger partial charge in [0, 0.05) is 75.3 Å². The predicted octanol–water partition coefficient (Wildman–Crippen LogP) is 10.2. The molecule has 1 aromatic heterocycles. The molecule has 10 N–H and O–H groups in total. The van der Waals surface area contributed by atoms with Crippen LogP contribution in [0.25, 0.3) is 11.6 Å². The van der Waals surface area contributed by atoms with Gasteiger partial charge in [0.1, 0.15) is 28.8 Å². The van der Waals surface area contributed by atoms with Gasteiger partial charge in [0.25, 0.3) is 11.8 Å². The number of carbonyl (C=O) groups excluding carboxylic acids is 10. The van der Waals surface area contributed by atoms with Crippen LogP contribution in [0.3, 0.4) is 0 Å². The maximum absolute atomic E-state index is 15.0. The number of nitrogens with one attached hydrogen (secondary N) is 7. The number of aliphatic carboxylic acids is 1. The van der Waals surface area contributed by atoms with Crippen molar-refractivity contribution in [1.82, 2.24) is 46.8 Å². The third-order valence-electron chi connectivity index (χ3n) is 21.1. The van der Waals surface area contributed by atoms with E-state index in [9.17, 15) is 53.1 Å². The summed E-state index contributed by atoms with van der Waals surface area (Å²) in [5.74, 6) is -6.03. The summed E-state index contributed by atoms with van der Waals surface area (Å²) in [6, 6.07) is 17.2. The van der Waals surface area contributed by atoms with Crippen molar-refractivity contribution in [2.24, 2.45) is 28.9 Å². The Bertz CT molecular complexity index is 3910. The summed E-state index contributed by atoms with van der Waals surface area (Å²) in [5, 5.41) is 33.2. The van der Waals surface area contributed by atoms with Gasteiger partial charge < -0.3 is 81.5 Å². The smallest absolute Gasteiger partial charge is 0.312 e. The van der Waals surface area contributed by atoms with E-state index in [4.69, 9.17) is 39.2 Å². The zero-order chi connectivity index (χ0) is 86.3. The van der Waals surface area contributed by atoms with Crippen molar-refractivity contribution in [1.29, 1.82) is 0 Å². The third kappa shape index (κ3) is 33.2. The van der Waals surface area contributed by atoms with E-state index < -0.39 is 95.2 Å². The summed E-state index contributed by atoms with van der Waals surface area (Å²) in [6.45, 7) is 23.5. The molecular formula is C87H130N12O18S. The first-order valence-electron chi connectivity index (χ1n) is 41.8. The van der Waals surface area contributed by atoms with E-state index in [1.165, 1.54) is 22.9 Å². The normalized spacial score (nSPS) is 15.8. The van der Waals surface area contributed by atoms with Crippen LogP contribution in [0.1, 0.15) is 223 Å². The highest BCUT2D eigenvalue weighted by molar-refractivity contribution is 7.09. The van der Waals surface area contributed by atoms with Gasteiger partial charge in [-0.2, -0.15) is 0 Å². The summed E-state index contributed by atoms with van der Waals surface area (Å²) in [5.41, 5.74) is 10.1. The third-order valence-corrected chi connectivity index (χ3v) is 22.0. The van der Waals surface area contributed by atoms with E-state index in [1.807, 2.05) is 77.2 Å². The number of ether oxygens (including phenoxy) is 5. The highest BCUT2D eigenvalue weighted by atomic mass is 32.1. The maximum Gasteiger partial charge on any atom is 0.312 e. The molecule has 1 saturated heterocycles. The number of carboxylic acid groups (broad SMARTS) is 1. The Hall–Kier alpha value is -9.24. The Kier molecular flexibility index (Phi) is 42.4. The zero-order valence-electron chi connectivity index (χ0n) is 71.2. The molecule has 31 heteroatoms. The summed E-state index contributed by atoms with van der Waals surface area (Å²) in [6.07, 6.45) is 8.61. The Morgan fingerprint density at radius 3 is 2.02 bits per heavy atom. The quantitative estimate of drug-likeness (QED) is 0.0113. The summed E-state index contributed by atoms with van der Waals surface area (Å²) < 4.78 is 28.4. The summed E-state index contributed by atoms with van der Waals surface area (Å²) in [7, 11) is 2.01. The number of hydrogen-bond donors (Lipinski definition) is 9. The highest BCUT2D eigenvalue weighted by Gasteiger charge is 2.40. The number of primary amides is 1. The van der Waals surface area contributed by atoms with Crippen molar-refractivity contribution in [2.45, 2.75) is 234 Å². The minimum atomic E-state index is -1.32. The number of hydroxylamine groups is 2. The second-order valence-electron chi connectivity index (χ2n) is 31.7. The molecule has 10 amide bonds. The Balaban J connectivity index is 0.955. The van der Waals surface area contributed by atoms with Crippen LogP contribution in [0.2, 0.25) is 0 Å². The number of esters is 1. The first-order chi connectivity index (χ1) is 56.4. The van der Waals surface area contributed by atoms with Crippen LogP contribution in [0.5, 0.6) is 0 Å². The lowest BCUT2D eigenvalue weighted by atomic mass is 9.84. The second-order valence-corrected chi connectivity index (χ2v) is 32.6. The molecule has 30 nitrogen and oxygen atoms in total. The summed E-state index contributed by atoms with van der Waals surface area (Å²) >= 11 is 1.08. The van der Waals surface area contributed by atoms with E-state index >= 15 is 4.79 Å². The lowest BCUT2D eigenvalue weighted by molar-refractivity contribution is -0.213. The number of carbonyl (C=O) groups is 11. The Labute approximate surface area is 700 Å². The molecule has 8 atom stereocenters. The lowest BCUT2D eigenvalue weighted by Gasteiger charge is -2.38. The number of anilines is 2. The molecule has 4 aromatic rings. The van der Waals surface area contributed by atoms with E-state index in [0.29, 0.717) is 50.5 Å². The fourth-order valence-corrected chi connectivity index (χ4v) is 14.8. The van der Waals surface area contributed by atoms with Crippen LogP contribution in [-0.2, 0) is 84.6 Å². The fraction of sp³-hybridized carbons (Fsp3) is 0.609. The average molecular weight is 1660 g/mol. The number of unbranched alkanes of at least 4 members (excludes halogenated alkanes) is 2. The van der Waals surface area contributed by atoms with E-state index in [0.717, 1.165) is 78.8 Å². The maximum atomic E-state index is 15.0. The van der Waals surface area contributed by atoms with Crippen LogP contribution < -0.4 is 47.9 Å². The number of piperidine rings is 1. The van der Waals surface area contributed by atoms with Crippen LogP contribution in [0.15, 0.2) is 78.2 Å². The van der Waals surface area contributed by atoms with E-state index in [1.54, 1.807) is 56.9 Å². The van der Waals surface area contributed by atoms with Crippen molar-refractivity contribution in [3.05, 3.63) is 111 Å². The zero-order valence-corrected chi connectivity index (χ0v) is 72.0. The monoisotopic (exact) mass is 1660 g/mol. The first kappa shape index (κ1) is 97.6. The first-order valence-corrected chi connectivity index (χ1v) is 42.7. The van der Waals surface area contributed by atoms with Crippen molar-refractivity contribution < 1.29 is 86.4 Å². The molecule has 3 aromatic carbocycles. The van der Waals surface area contributed by atoms with Gasteiger partial charge in [0.15, 0.2) is 6.10 Å². The number of aromatic nitrogens is 1. The molecule has 118 heavy (non-hydrogen) atoms. The molecule has 1 unspecified atom stereocenters. The molecule has 0 aliphatic carbocycles. The number of amides is 10. The van der Waals surface area contributed by atoms with Crippen molar-refractivity contribution in [2.75, 3.05) is 96.4 Å². The number of para-hydroxylation sites is 1. The van der Waals surface area contributed by atoms with Gasteiger partial charge in [-0.15, -0.1) is 11.3 Å². The molecule has 0 spiro atoms. The minimum Gasteiger partial charge on any atom is -0.481 e. The number of carboxylic acids is 1. The molecule has 0 radical (unpaired) electrons. The Morgan fingerprint density at radius 1 is 0.703 bits per heavy atom. The number of allylic oxidation sites excluding steroid dienone is 1. The van der Waals surface area contributed by atoms with Gasteiger partial charge in [-0.1, -0.05) is 136 Å². The minimum absolute atomic E-state index is 0.0213.